The fraction of sp³-hybridized carbons (Fsp3) is 0.294. The maximum atomic E-state index is 12.3. The summed E-state index contributed by atoms with van der Waals surface area (Å²) in [5, 5.41) is 21.0. The number of aryl methyl sites for hydroxylation is 1. The van der Waals surface area contributed by atoms with Gasteiger partial charge < -0.3 is 15.4 Å². The van der Waals surface area contributed by atoms with E-state index >= 15 is 0 Å². The number of benzene rings is 1. The van der Waals surface area contributed by atoms with Gasteiger partial charge in [0.15, 0.2) is 0 Å². The summed E-state index contributed by atoms with van der Waals surface area (Å²) < 4.78 is 5.62. The zero-order valence-electron chi connectivity index (χ0n) is 14.3. The minimum absolute atomic E-state index is 0.0751. The molecule has 1 atom stereocenters. The number of carbonyl (C=O) groups excluding carboxylic acids is 1. The Labute approximate surface area is 145 Å². The molecule has 1 unspecified atom stereocenters. The van der Waals surface area contributed by atoms with E-state index in [0.29, 0.717) is 18.3 Å². The molecular formula is C17H20N6O2. The molecule has 1 aromatic carbocycles. The Bertz CT molecular complexity index is 792. The van der Waals surface area contributed by atoms with Crippen LogP contribution in [0.3, 0.4) is 0 Å². The highest BCUT2D eigenvalue weighted by atomic mass is 16.5. The highest BCUT2D eigenvalue weighted by Gasteiger charge is 2.17. The lowest BCUT2D eigenvalue weighted by molar-refractivity contribution is -0.117. The largest absolute Gasteiger partial charge is 0.494 e. The molecule has 0 fully saturated rings. The van der Waals surface area contributed by atoms with Gasteiger partial charge in [-0.2, -0.15) is 15.3 Å². The molecule has 0 saturated heterocycles. The summed E-state index contributed by atoms with van der Waals surface area (Å²) in [7, 11) is 0. The Hall–Kier alpha value is -3.34. The van der Waals surface area contributed by atoms with Crippen molar-refractivity contribution in [2.24, 2.45) is 0 Å². The molecule has 25 heavy (non-hydrogen) atoms. The Kier molecular flexibility index (Phi) is 6.12. The number of nitrogens with zero attached hydrogens (tertiary/aromatic N) is 3. The molecule has 3 N–H and O–H groups in total. The van der Waals surface area contributed by atoms with Crippen LogP contribution in [0.1, 0.15) is 31.0 Å². The number of H-pyrrole nitrogens is 1. The van der Waals surface area contributed by atoms with Crippen LogP contribution < -0.4 is 15.4 Å². The summed E-state index contributed by atoms with van der Waals surface area (Å²) in [6, 6.07) is 7.33. The molecule has 8 nitrogen and oxygen atoms in total. The average molecular weight is 340 g/mol. The number of hydrogen-bond acceptors (Lipinski definition) is 6. The molecule has 8 heteroatoms. The molecular weight excluding hydrogens is 320 g/mol. The molecule has 0 aliphatic carbocycles. The van der Waals surface area contributed by atoms with E-state index in [4.69, 9.17) is 4.74 Å². The van der Waals surface area contributed by atoms with Crippen molar-refractivity contribution in [2.75, 3.05) is 11.9 Å². The Balaban J connectivity index is 2.12. The van der Waals surface area contributed by atoms with Gasteiger partial charge in [-0.25, -0.2) is 5.10 Å². The first-order valence-corrected chi connectivity index (χ1v) is 7.81. The van der Waals surface area contributed by atoms with E-state index in [1.807, 2.05) is 45.0 Å². The third kappa shape index (κ3) is 4.81. The number of nitriles is 1. The fourth-order valence-corrected chi connectivity index (χ4v) is 2.21. The summed E-state index contributed by atoms with van der Waals surface area (Å²) in [4.78, 5) is 16.2. The first kappa shape index (κ1) is 18.0. The fourth-order valence-electron chi connectivity index (χ4n) is 2.21. The lowest BCUT2D eigenvalue weighted by Crippen LogP contribution is -2.28. The van der Waals surface area contributed by atoms with Crippen molar-refractivity contribution >= 4 is 11.9 Å². The van der Waals surface area contributed by atoms with Gasteiger partial charge in [-0.3, -0.25) is 4.79 Å². The molecule has 2 rings (SSSR count). The van der Waals surface area contributed by atoms with Crippen molar-refractivity contribution in [2.45, 2.75) is 26.8 Å². The summed E-state index contributed by atoms with van der Waals surface area (Å²) in [6.07, 6.45) is 2.60. The highest BCUT2D eigenvalue weighted by molar-refractivity contribution is 5.97. The van der Waals surface area contributed by atoms with E-state index < -0.39 is 5.91 Å². The predicted octanol–water partition coefficient (Wildman–Crippen LogP) is 2.21. The summed E-state index contributed by atoms with van der Waals surface area (Å²) >= 11 is 0. The number of ether oxygens (including phenoxy) is 1. The van der Waals surface area contributed by atoms with Crippen LogP contribution in [0, 0.1) is 18.3 Å². The van der Waals surface area contributed by atoms with Crippen molar-refractivity contribution < 1.29 is 9.53 Å². The zero-order chi connectivity index (χ0) is 18.2. The van der Waals surface area contributed by atoms with Gasteiger partial charge >= 0.3 is 0 Å². The second-order valence-electron chi connectivity index (χ2n) is 5.32. The lowest BCUT2D eigenvalue weighted by atomic mass is 10.0. The van der Waals surface area contributed by atoms with Gasteiger partial charge in [0.05, 0.1) is 12.6 Å². The molecule has 1 heterocycles. The molecule has 2 aromatic rings. The number of aromatic nitrogens is 3. The van der Waals surface area contributed by atoms with Crippen molar-refractivity contribution in [1.82, 2.24) is 20.5 Å². The van der Waals surface area contributed by atoms with E-state index in [0.717, 1.165) is 11.1 Å². The Morgan fingerprint density at radius 3 is 2.96 bits per heavy atom. The van der Waals surface area contributed by atoms with E-state index in [2.05, 4.69) is 25.8 Å². The van der Waals surface area contributed by atoms with Gasteiger partial charge in [-0.15, -0.1) is 0 Å². The van der Waals surface area contributed by atoms with Crippen LogP contribution in [0.4, 0.5) is 5.95 Å². The second-order valence-corrected chi connectivity index (χ2v) is 5.32. The van der Waals surface area contributed by atoms with Crippen LogP contribution in [0.15, 0.2) is 36.3 Å². The first-order valence-electron chi connectivity index (χ1n) is 7.81. The monoisotopic (exact) mass is 340 g/mol. The zero-order valence-corrected chi connectivity index (χ0v) is 14.3. The first-order chi connectivity index (χ1) is 12.0. The average Bonchev–Trinajstić information content (AvgIpc) is 3.10. The van der Waals surface area contributed by atoms with Gasteiger partial charge in [0.1, 0.15) is 23.7 Å². The van der Waals surface area contributed by atoms with Gasteiger partial charge in [0.2, 0.25) is 5.95 Å². The molecule has 0 bridgehead atoms. The number of aromatic amines is 1. The highest BCUT2D eigenvalue weighted by Crippen LogP contribution is 2.26. The number of anilines is 1. The number of amides is 1. The standard InChI is InChI=1S/C17H20N6O2/c1-4-25-15-6-5-11(2)7-14(15)12(3)22-16(24)13(8-18)9-19-17-20-10-21-23-17/h5-7,9-10,12H,4H2,1-3H3,(H,22,24)(H2,19,20,21,23)/b13-9-. The summed E-state index contributed by atoms with van der Waals surface area (Å²) in [5.41, 5.74) is 1.84. The van der Waals surface area contributed by atoms with Gasteiger partial charge in [0, 0.05) is 11.8 Å². The molecule has 0 radical (unpaired) electrons. The Morgan fingerprint density at radius 2 is 2.32 bits per heavy atom. The smallest absolute Gasteiger partial charge is 0.263 e. The maximum absolute atomic E-state index is 12.3. The molecule has 1 amide bonds. The molecule has 0 aliphatic rings. The summed E-state index contributed by atoms with van der Waals surface area (Å²) in [5.74, 6) is 0.556. The normalized spacial score (nSPS) is 12.2. The quantitative estimate of drug-likeness (QED) is 0.526. The topological polar surface area (TPSA) is 116 Å². The van der Waals surface area contributed by atoms with Crippen LogP contribution in [-0.2, 0) is 4.79 Å². The van der Waals surface area contributed by atoms with Crippen molar-refractivity contribution in [3.63, 3.8) is 0 Å². The molecule has 0 spiro atoms. The van der Waals surface area contributed by atoms with Crippen molar-refractivity contribution in [3.8, 4) is 11.8 Å². The van der Waals surface area contributed by atoms with E-state index in [1.54, 1.807) is 0 Å². The summed E-state index contributed by atoms with van der Waals surface area (Å²) in [6.45, 7) is 6.24. The second kappa shape index (κ2) is 8.49. The van der Waals surface area contributed by atoms with Crippen LogP contribution in [0.2, 0.25) is 0 Å². The van der Waals surface area contributed by atoms with Crippen molar-refractivity contribution in [1.29, 1.82) is 5.26 Å². The van der Waals surface area contributed by atoms with Crippen LogP contribution in [-0.4, -0.2) is 27.7 Å². The molecule has 0 aliphatic heterocycles. The van der Waals surface area contributed by atoms with Crippen molar-refractivity contribution in [3.05, 3.63) is 47.4 Å². The molecule has 1 aromatic heterocycles. The third-order valence-electron chi connectivity index (χ3n) is 3.41. The van der Waals surface area contributed by atoms with Gasteiger partial charge in [-0.1, -0.05) is 17.7 Å². The van der Waals surface area contributed by atoms with Crippen LogP contribution in [0.25, 0.3) is 0 Å². The maximum Gasteiger partial charge on any atom is 0.263 e. The number of hydrogen-bond donors (Lipinski definition) is 3. The van der Waals surface area contributed by atoms with Gasteiger partial charge in [-0.05, 0) is 26.8 Å². The minimum Gasteiger partial charge on any atom is -0.494 e. The van der Waals surface area contributed by atoms with E-state index in [9.17, 15) is 10.1 Å². The van der Waals surface area contributed by atoms with Crippen LogP contribution in [0.5, 0.6) is 5.75 Å². The number of carbonyl (C=O) groups is 1. The predicted molar refractivity (Wildman–Crippen MR) is 92.6 cm³/mol. The molecule has 0 saturated carbocycles. The van der Waals surface area contributed by atoms with E-state index in [-0.39, 0.29) is 11.6 Å². The third-order valence-corrected chi connectivity index (χ3v) is 3.41. The SMILES string of the molecule is CCOc1ccc(C)cc1C(C)NC(=O)/C(C#N)=C\Nc1ncn[nH]1. The number of nitrogens with one attached hydrogen (secondary N) is 3. The number of rotatable bonds is 7. The lowest BCUT2D eigenvalue weighted by Gasteiger charge is -2.18. The molecule has 130 valence electrons. The van der Waals surface area contributed by atoms with Gasteiger partial charge in [0.25, 0.3) is 5.91 Å². The minimum atomic E-state index is -0.494. The van der Waals surface area contributed by atoms with E-state index in [1.165, 1.54) is 12.5 Å². The Morgan fingerprint density at radius 1 is 1.52 bits per heavy atom. The van der Waals surface area contributed by atoms with Crippen LogP contribution >= 0.6 is 0 Å².